The van der Waals surface area contributed by atoms with Crippen LogP contribution in [0.3, 0.4) is 0 Å². The highest BCUT2D eigenvalue weighted by Gasteiger charge is 2.20. The standard InChI is InChI=1S/C16H12BrNO4S/c1-22-15-9-11(8-14(17)16(15)19)7-13(10-18)23(20,21)12-5-3-2-4-6-12/h2-9,19H,1H3. The third kappa shape index (κ3) is 3.55. The van der Waals surface area contributed by atoms with Gasteiger partial charge in [0.1, 0.15) is 11.0 Å². The second-order valence-corrected chi connectivity index (χ2v) is 7.26. The van der Waals surface area contributed by atoms with Crippen molar-refractivity contribution in [1.29, 1.82) is 5.26 Å². The molecule has 5 nitrogen and oxygen atoms in total. The van der Waals surface area contributed by atoms with Crippen LogP contribution in [-0.4, -0.2) is 20.6 Å². The highest BCUT2D eigenvalue weighted by molar-refractivity contribution is 9.10. The normalized spacial score (nSPS) is 11.8. The summed E-state index contributed by atoms with van der Waals surface area (Å²) in [5.41, 5.74) is 0.405. The molecule has 0 aliphatic heterocycles. The third-order valence-corrected chi connectivity index (χ3v) is 5.31. The first kappa shape index (κ1) is 17.1. The Labute approximate surface area is 142 Å². The fraction of sp³-hybridized carbons (Fsp3) is 0.0625. The van der Waals surface area contributed by atoms with Crippen molar-refractivity contribution in [3.05, 3.63) is 57.4 Å². The van der Waals surface area contributed by atoms with Crippen molar-refractivity contribution < 1.29 is 18.3 Å². The molecule has 0 spiro atoms. The number of nitriles is 1. The number of aromatic hydroxyl groups is 1. The molecule has 2 rings (SSSR count). The molecule has 7 heteroatoms. The first-order valence-electron chi connectivity index (χ1n) is 6.38. The predicted octanol–water partition coefficient (Wildman–Crippen LogP) is 3.50. The first-order chi connectivity index (χ1) is 10.9. The number of nitrogens with zero attached hydrogens (tertiary/aromatic N) is 1. The zero-order valence-corrected chi connectivity index (χ0v) is 14.4. The molecule has 0 amide bonds. The monoisotopic (exact) mass is 393 g/mol. The van der Waals surface area contributed by atoms with Crippen molar-refractivity contribution in [2.75, 3.05) is 7.11 Å². The van der Waals surface area contributed by atoms with E-state index in [9.17, 15) is 18.8 Å². The van der Waals surface area contributed by atoms with Gasteiger partial charge in [0.05, 0.1) is 16.5 Å². The average molecular weight is 394 g/mol. The van der Waals surface area contributed by atoms with Crippen molar-refractivity contribution in [1.82, 2.24) is 0 Å². The smallest absolute Gasteiger partial charge is 0.216 e. The number of sulfone groups is 1. The molecule has 2 aromatic rings. The van der Waals surface area contributed by atoms with Gasteiger partial charge in [-0.2, -0.15) is 5.26 Å². The maximum absolute atomic E-state index is 12.5. The molecule has 23 heavy (non-hydrogen) atoms. The fourth-order valence-corrected chi connectivity index (χ4v) is 3.52. The SMILES string of the molecule is COc1cc(C=C(C#N)S(=O)(=O)c2ccccc2)cc(Br)c1O. The Hall–Kier alpha value is -2.30. The second-order valence-electron chi connectivity index (χ2n) is 4.49. The summed E-state index contributed by atoms with van der Waals surface area (Å²) in [4.78, 5) is -0.360. The number of methoxy groups -OCH3 is 1. The van der Waals surface area contributed by atoms with Crippen LogP contribution >= 0.6 is 15.9 Å². The summed E-state index contributed by atoms with van der Waals surface area (Å²) >= 11 is 3.15. The third-order valence-electron chi connectivity index (χ3n) is 3.02. The number of allylic oxidation sites excluding steroid dienone is 1. The number of hydrogen-bond acceptors (Lipinski definition) is 5. The van der Waals surface area contributed by atoms with Crippen LogP contribution in [0.25, 0.3) is 6.08 Å². The molecular weight excluding hydrogens is 382 g/mol. The lowest BCUT2D eigenvalue weighted by atomic mass is 10.2. The first-order valence-corrected chi connectivity index (χ1v) is 8.66. The van der Waals surface area contributed by atoms with Crippen molar-refractivity contribution in [3.63, 3.8) is 0 Å². The topological polar surface area (TPSA) is 87.4 Å². The second kappa shape index (κ2) is 6.86. The predicted molar refractivity (Wildman–Crippen MR) is 89.6 cm³/mol. The number of phenols is 1. The molecule has 0 bridgehead atoms. The molecule has 0 fully saturated rings. The summed E-state index contributed by atoms with van der Waals surface area (Å²) in [6.45, 7) is 0. The molecule has 0 aliphatic carbocycles. The van der Waals surface area contributed by atoms with Gasteiger partial charge in [0.15, 0.2) is 11.5 Å². The number of halogens is 1. The molecule has 0 atom stereocenters. The Morgan fingerprint density at radius 1 is 1.30 bits per heavy atom. The lowest BCUT2D eigenvalue weighted by molar-refractivity contribution is 0.372. The molecule has 0 unspecified atom stereocenters. The van der Waals surface area contributed by atoms with Crippen molar-refractivity contribution in [3.8, 4) is 17.6 Å². The summed E-state index contributed by atoms with van der Waals surface area (Å²) in [6.07, 6.45) is 1.23. The average Bonchev–Trinajstić information content (AvgIpc) is 2.56. The van der Waals surface area contributed by atoms with Gasteiger partial charge in [-0.05, 0) is 51.8 Å². The number of rotatable bonds is 4. The van der Waals surface area contributed by atoms with Gasteiger partial charge in [-0.3, -0.25) is 0 Å². The lowest BCUT2D eigenvalue weighted by Gasteiger charge is -2.07. The number of ether oxygens (including phenoxy) is 1. The van der Waals surface area contributed by atoms with E-state index in [-0.39, 0.29) is 16.4 Å². The van der Waals surface area contributed by atoms with E-state index in [0.717, 1.165) is 0 Å². The molecule has 2 aromatic carbocycles. The van der Waals surface area contributed by atoms with E-state index in [0.29, 0.717) is 10.0 Å². The molecule has 118 valence electrons. The Kier molecular flexibility index (Phi) is 5.08. The highest BCUT2D eigenvalue weighted by Crippen LogP contribution is 2.36. The van der Waals surface area contributed by atoms with Gasteiger partial charge in [0.25, 0.3) is 0 Å². The Balaban J connectivity index is 2.57. The van der Waals surface area contributed by atoms with Gasteiger partial charge in [0.2, 0.25) is 9.84 Å². The Morgan fingerprint density at radius 3 is 2.52 bits per heavy atom. The van der Waals surface area contributed by atoms with Crippen LogP contribution in [0.1, 0.15) is 5.56 Å². The van der Waals surface area contributed by atoms with Crippen LogP contribution in [0.4, 0.5) is 0 Å². The van der Waals surface area contributed by atoms with Crippen molar-refractivity contribution >= 4 is 31.8 Å². The van der Waals surface area contributed by atoms with Crippen LogP contribution in [0.5, 0.6) is 11.5 Å². The molecule has 1 N–H and O–H groups in total. The molecule has 0 aliphatic rings. The van der Waals surface area contributed by atoms with E-state index < -0.39 is 14.7 Å². The summed E-state index contributed by atoms with van der Waals surface area (Å²) in [7, 11) is -2.53. The fourth-order valence-electron chi connectivity index (χ4n) is 1.88. The zero-order valence-electron chi connectivity index (χ0n) is 12.0. The van der Waals surface area contributed by atoms with Gasteiger partial charge >= 0.3 is 0 Å². The summed E-state index contributed by atoms with van der Waals surface area (Å²) in [6, 6.07) is 12.4. The summed E-state index contributed by atoms with van der Waals surface area (Å²) in [5, 5.41) is 19.0. The number of hydrogen-bond donors (Lipinski definition) is 1. The van der Waals surface area contributed by atoms with Gasteiger partial charge in [-0.25, -0.2) is 8.42 Å². The molecule has 0 radical (unpaired) electrons. The van der Waals surface area contributed by atoms with Crippen LogP contribution < -0.4 is 4.74 Å². The molecule has 0 aromatic heterocycles. The quantitative estimate of drug-likeness (QED) is 0.802. The molecular formula is C16H12BrNO4S. The maximum atomic E-state index is 12.5. The van der Waals surface area contributed by atoms with Crippen LogP contribution in [0.15, 0.2) is 56.7 Å². The minimum atomic E-state index is -3.91. The lowest BCUT2D eigenvalue weighted by Crippen LogP contribution is -2.03. The van der Waals surface area contributed by atoms with E-state index >= 15 is 0 Å². The van der Waals surface area contributed by atoms with E-state index in [1.165, 1.54) is 37.5 Å². The zero-order chi connectivity index (χ0) is 17.0. The summed E-state index contributed by atoms with van der Waals surface area (Å²) in [5.74, 6) is 0.0640. The van der Waals surface area contributed by atoms with E-state index in [4.69, 9.17) is 4.74 Å². The highest BCUT2D eigenvalue weighted by atomic mass is 79.9. The van der Waals surface area contributed by atoms with Gasteiger partial charge in [-0.1, -0.05) is 18.2 Å². The van der Waals surface area contributed by atoms with Crippen LogP contribution in [0.2, 0.25) is 0 Å². The van der Waals surface area contributed by atoms with Gasteiger partial charge < -0.3 is 9.84 Å². The van der Waals surface area contributed by atoms with Crippen molar-refractivity contribution in [2.24, 2.45) is 0 Å². The number of benzene rings is 2. The van der Waals surface area contributed by atoms with E-state index in [1.54, 1.807) is 24.3 Å². The largest absolute Gasteiger partial charge is 0.503 e. The Bertz CT molecular complexity index is 900. The number of phenolic OH excluding ortho intramolecular Hbond substituents is 1. The minimum absolute atomic E-state index is 0.0395. The van der Waals surface area contributed by atoms with Crippen molar-refractivity contribution in [2.45, 2.75) is 4.90 Å². The van der Waals surface area contributed by atoms with Crippen LogP contribution in [-0.2, 0) is 9.84 Å². The van der Waals surface area contributed by atoms with E-state index in [2.05, 4.69) is 15.9 Å². The summed E-state index contributed by atoms with van der Waals surface area (Å²) < 4.78 is 30.3. The van der Waals surface area contributed by atoms with Gasteiger partial charge in [0, 0.05) is 0 Å². The van der Waals surface area contributed by atoms with Crippen LogP contribution in [0, 0.1) is 11.3 Å². The molecule has 0 saturated heterocycles. The molecule has 0 heterocycles. The minimum Gasteiger partial charge on any atom is -0.503 e. The Morgan fingerprint density at radius 2 is 1.96 bits per heavy atom. The van der Waals surface area contributed by atoms with Gasteiger partial charge in [-0.15, -0.1) is 0 Å². The van der Waals surface area contributed by atoms with E-state index in [1.807, 2.05) is 0 Å². The molecule has 0 saturated carbocycles. The maximum Gasteiger partial charge on any atom is 0.216 e.